The lowest BCUT2D eigenvalue weighted by Gasteiger charge is -2.36. The van der Waals surface area contributed by atoms with Crippen LogP contribution in [0.1, 0.15) is 41.6 Å². The van der Waals surface area contributed by atoms with E-state index < -0.39 is 16.1 Å². The van der Waals surface area contributed by atoms with Gasteiger partial charge in [0.1, 0.15) is 11.4 Å². The lowest BCUT2D eigenvalue weighted by Crippen LogP contribution is -2.51. The molecular formula is C21H20N4O4S. The van der Waals surface area contributed by atoms with E-state index in [4.69, 9.17) is 4.52 Å². The number of anilines is 2. The van der Waals surface area contributed by atoms with Crippen LogP contribution in [-0.2, 0) is 16.6 Å². The molecule has 0 bridgehead atoms. The van der Waals surface area contributed by atoms with Gasteiger partial charge in [-0.25, -0.2) is 13.2 Å². The minimum atomic E-state index is -4.07. The quantitative estimate of drug-likeness (QED) is 0.630. The Balaban J connectivity index is 1.63. The van der Waals surface area contributed by atoms with Crippen LogP contribution in [0.15, 0.2) is 51.9 Å². The average Bonchev–Trinajstić information content (AvgIpc) is 3.46. The number of amides is 2. The van der Waals surface area contributed by atoms with Gasteiger partial charge >= 0.3 is 6.03 Å². The fourth-order valence-corrected chi connectivity index (χ4v) is 5.26. The molecule has 1 saturated carbocycles. The molecular weight excluding hydrogens is 404 g/mol. The van der Waals surface area contributed by atoms with Crippen molar-refractivity contribution in [3.05, 3.63) is 65.3 Å². The zero-order chi connectivity index (χ0) is 21.0. The largest absolute Gasteiger partial charge is 0.343 e. The highest BCUT2D eigenvalue weighted by Gasteiger charge is 2.43. The first-order chi connectivity index (χ1) is 14.4. The topological polar surface area (TPSA) is 96.6 Å². The Labute approximate surface area is 174 Å². The molecule has 2 amide bonds. The third kappa shape index (κ3) is 2.97. The minimum absolute atomic E-state index is 0.00749. The number of hydrogen-bond donors (Lipinski definition) is 0. The average molecular weight is 424 g/mol. The number of aromatic nitrogens is 2. The van der Waals surface area contributed by atoms with E-state index in [2.05, 4.69) is 10.1 Å². The number of para-hydroxylation sites is 1. The molecule has 3 aromatic rings. The molecule has 1 aliphatic heterocycles. The summed E-state index contributed by atoms with van der Waals surface area (Å²) in [5.74, 6) is 1.24. The predicted molar refractivity (Wildman–Crippen MR) is 110 cm³/mol. The smallest absolute Gasteiger partial charge is 0.337 e. The van der Waals surface area contributed by atoms with Crippen molar-refractivity contribution in [2.45, 2.75) is 44.0 Å². The standard InChI is InChI=1S/C21H20N4O4S/c1-13-7-8-14(2)17(11-13)25-21(26)24(12-19-22-20(23-29-19)15-9-10-15)16-5-3-4-6-18(16)30(25,27)28/h3-8,11,15H,9-10,12H2,1-2H3. The first-order valence-electron chi connectivity index (χ1n) is 9.72. The maximum absolute atomic E-state index is 13.5. The summed E-state index contributed by atoms with van der Waals surface area (Å²) in [6.07, 6.45) is 2.06. The highest BCUT2D eigenvalue weighted by atomic mass is 32.2. The normalized spacial score (nSPS) is 17.9. The molecule has 0 spiro atoms. The molecule has 8 nitrogen and oxygen atoms in total. The van der Waals surface area contributed by atoms with Gasteiger partial charge in [0, 0.05) is 5.92 Å². The summed E-state index contributed by atoms with van der Waals surface area (Å²) in [5.41, 5.74) is 2.18. The van der Waals surface area contributed by atoms with Crippen molar-refractivity contribution < 1.29 is 17.7 Å². The first kappa shape index (κ1) is 18.8. The number of aryl methyl sites for hydroxylation is 2. The highest BCUT2D eigenvalue weighted by Crippen LogP contribution is 2.40. The number of benzene rings is 2. The van der Waals surface area contributed by atoms with Crippen LogP contribution in [-0.4, -0.2) is 24.6 Å². The van der Waals surface area contributed by atoms with Crippen molar-refractivity contribution in [1.82, 2.24) is 10.1 Å². The van der Waals surface area contributed by atoms with Crippen LogP contribution < -0.4 is 9.21 Å². The molecule has 0 saturated heterocycles. The number of carbonyl (C=O) groups excluding carboxylic acids is 1. The number of hydrogen-bond acceptors (Lipinski definition) is 6. The molecule has 1 fully saturated rings. The van der Waals surface area contributed by atoms with Crippen molar-refractivity contribution >= 4 is 27.4 Å². The lowest BCUT2D eigenvalue weighted by atomic mass is 10.1. The van der Waals surface area contributed by atoms with Crippen LogP contribution in [0.4, 0.5) is 16.2 Å². The first-order valence-corrected chi connectivity index (χ1v) is 11.2. The minimum Gasteiger partial charge on any atom is -0.337 e. The van der Waals surface area contributed by atoms with Gasteiger partial charge in [0.15, 0.2) is 5.82 Å². The summed E-state index contributed by atoms with van der Waals surface area (Å²) in [5, 5.41) is 4.00. The molecule has 1 aromatic heterocycles. The van der Waals surface area contributed by atoms with Gasteiger partial charge in [0.05, 0.1) is 11.4 Å². The van der Waals surface area contributed by atoms with E-state index in [9.17, 15) is 13.2 Å². The SMILES string of the molecule is Cc1ccc(C)c(N2C(=O)N(Cc3nc(C4CC4)no3)c3ccccc3S2(=O)=O)c1. The molecule has 0 atom stereocenters. The third-order valence-corrected chi connectivity index (χ3v) is 7.12. The lowest BCUT2D eigenvalue weighted by molar-refractivity contribution is 0.252. The van der Waals surface area contributed by atoms with E-state index in [1.807, 2.05) is 13.0 Å². The van der Waals surface area contributed by atoms with Gasteiger partial charge in [-0.15, -0.1) is 0 Å². The Morgan fingerprint density at radius 2 is 1.87 bits per heavy atom. The Morgan fingerprint density at radius 1 is 1.10 bits per heavy atom. The van der Waals surface area contributed by atoms with Crippen molar-refractivity contribution in [2.24, 2.45) is 0 Å². The number of sulfonamides is 1. The van der Waals surface area contributed by atoms with Crippen LogP contribution in [0.3, 0.4) is 0 Å². The van der Waals surface area contributed by atoms with Crippen LogP contribution >= 0.6 is 0 Å². The zero-order valence-electron chi connectivity index (χ0n) is 16.6. The van der Waals surface area contributed by atoms with Gasteiger partial charge in [-0.1, -0.05) is 29.4 Å². The molecule has 154 valence electrons. The summed E-state index contributed by atoms with van der Waals surface area (Å²) in [6, 6.07) is 11.2. The van der Waals surface area contributed by atoms with Crippen molar-refractivity contribution in [2.75, 3.05) is 9.21 Å². The second-order valence-electron chi connectivity index (χ2n) is 7.72. The molecule has 2 aliphatic rings. The summed E-state index contributed by atoms with van der Waals surface area (Å²) in [7, 11) is -4.07. The number of rotatable bonds is 4. The second kappa shape index (κ2) is 6.66. The van der Waals surface area contributed by atoms with Gasteiger partial charge in [0.2, 0.25) is 5.89 Å². The van der Waals surface area contributed by atoms with E-state index >= 15 is 0 Å². The second-order valence-corrected chi connectivity index (χ2v) is 9.47. The molecule has 1 aliphatic carbocycles. The van der Waals surface area contributed by atoms with Crippen LogP contribution in [0, 0.1) is 13.8 Å². The Kier molecular flexibility index (Phi) is 4.18. The Morgan fingerprint density at radius 3 is 2.63 bits per heavy atom. The molecule has 2 aromatic carbocycles. The monoisotopic (exact) mass is 424 g/mol. The summed E-state index contributed by atoms with van der Waals surface area (Å²) >= 11 is 0. The zero-order valence-corrected chi connectivity index (χ0v) is 17.4. The van der Waals surface area contributed by atoms with Crippen molar-refractivity contribution in [1.29, 1.82) is 0 Å². The Hall–Kier alpha value is -3.20. The van der Waals surface area contributed by atoms with E-state index in [-0.39, 0.29) is 17.3 Å². The van der Waals surface area contributed by atoms with Crippen LogP contribution in [0.25, 0.3) is 0 Å². The van der Waals surface area contributed by atoms with Gasteiger partial charge in [-0.2, -0.15) is 9.29 Å². The highest BCUT2D eigenvalue weighted by molar-refractivity contribution is 7.94. The predicted octanol–water partition coefficient (Wildman–Crippen LogP) is 3.90. The summed E-state index contributed by atoms with van der Waals surface area (Å²) < 4.78 is 33.0. The van der Waals surface area contributed by atoms with E-state index in [0.29, 0.717) is 28.7 Å². The number of nitrogens with zero attached hydrogens (tertiary/aromatic N) is 4. The molecule has 2 heterocycles. The van der Waals surface area contributed by atoms with Gasteiger partial charge < -0.3 is 4.52 Å². The van der Waals surface area contributed by atoms with E-state index in [1.54, 1.807) is 37.3 Å². The Bertz CT molecular complexity index is 1260. The molecule has 0 radical (unpaired) electrons. The molecule has 30 heavy (non-hydrogen) atoms. The van der Waals surface area contributed by atoms with Crippen LogP contribution in [0.5, 0.6) is 0 Å². The molecule has 0 N–H and O–H groups in total. The molecule has 9 heteroatoms. The van der Waals surface area contributed by atoms with Crippen LogP contribution in [0.2, 0.25) is 0 Å². The van der Waals surface area contributed by atoms with Gasteiger partial charge in [-0.05, 0) is 56.0 Å². The van der Waals surface area contributed by atoms with E-state index in [1.165, 1.54) is 11.0 Å². The van der Waals surface area contributed by atoms with Crippen molar-refractivity contribution in [3.8, 4) is 0 Å². The van der Waals surface area contributed by atoms with E-state index in [0.717, 1.165) is 22.7 Å². The fourth-order valence-electron chi connectivity index (χ4n) is 3.61. The summed E-state index contributed by atoms with van der Waals surface area (Å²) in [6.45, 7) is 3.63. The maximum atomic E-state index is 13.5. The number of urea groups is 1. The third-order valence-electron chi connectivity index (χ3n) is 5.38. The van der Waals surface area contributed by atoms with Gasteiger partial charge in [-0.3, -0.25) is 4.90 Å². The maximum Gasteiger partial charge on any atom is 0.343 e. The molecule has 0 unspecified atom stereocenters. The number of carbonyl (C=O) groups is 1. The summed E-state index contributed by atoms with van der Waals surface area (Å²) in [4.78, 5) is 19.3. The molecule has 5 rings (SSSR count). The number of fused-ring (bicyclic) bond motifs is 1. The fraction of sp³-hybridized carbons (Fsp3) is 0.286. The van der Waals surface area contributed by atoms with Crippen molar-refractivity contribution in [3.63, 3.8) is 0 Å². The van der Waals surface area contributed by atoms with Gasteiger partial charge in [0.25, 0.3) is 10.0 Å².